The van der Waals surface area contributed by atoms with Gasteiger partial charge in [0, 0.05) is 30.4 Å². The van der Waals surface area contributed by atoms with Gasteiger partial charge in [0.25, 0.3) is 5.91 Å². The normalized spacial score (nSPS) is 19.8. The molecule has 2 rings (SSSR count). The highest BCUT2D eigenvalue weighted by Crippen LogP contribution is 2.23. The van der Waals surface area contributed by atoms with Gasteiger partial charge in [-0.1, -0.05) is 19.8 Å². The van der Waals surface area contributed by atoms with Crippen LogP contribution in [0.5, 0.6) is 0 Å². The molecule has 1 aromatic rings. The lowest BCUT2D eigenvalue weighted by molar-refractivity contribution is 0.0943. The molecule has 0 aromatic heterocycles. The number of nitrogens with zero attached hydrogens (tertiary/aromatic N) is 1. The predicted octanol–water partition coefficient (Wildman–Crippen LogP) is 3.22. The van der Waals surface area contributed by atoms with E-state index in [1.165, 1.54) is 19.3 Å². The Hall–Kier alpha value is -1.82. The molecular formula is C19H30N4OS. The van der Waals surface area contributed by atoms with Crippen LogP contribution in [0, 0.1) is 5.92 Å². The number of rotatable bonds is 5. The molecule has 0 aliphatic heterocycles. The number of anilines is 1. The molecule has 5 nitrogen and oxygen atoms in total. The molecule has 0 radical (unpaired) electrons. The maximum absolute atomic E-state index is 12.3. The molecule has 25 heavy (non-hydrogen) atoms. The molecule has 1 amide bonds. The lowest BCUT2D eigenvalue weighted by atomic mass is 9.86. The van der Waals surface area contributed by atoms with Crippen LogP contribution >= 0.6 is 12.2 Å². The Morgan fingerprint density at radius 1 is 1.12 bits per heavy atom. The molecule has 0 spiro atoms. The maximum Gasteiger partial charge on any atom is 0.269 e. The van der Waals surface area contributed by atoms with E-state index in [2.05, 4.69) is 41.8 Å². The van der Waals surface area contributed by atoms with Gasteiger partial charge >= 0.3 is 0 Å². The highest BCUT2D eigenvalue weighted by molar-refractivity contribution is 7.80. The third-order valence-electron chi connectivity index (χ3n) is 4.98. The van der Waals surface area contributed by atoms with Crippen LogP contribution in [0.2, 0.25) is 0 Å². The molecule has 0 bridgehead atoms. The third kappa shape index (κ3) is 5.59. The van der Waals surface area contributed by atoms with Crippen molar-refractivity contribution in [3.63, 3.8) is 0 Å². The van der Waals surface area contributed by atoms with E-state index in [1.54, 1.807) is 0 Å². The Morgan fingerprint density at radius 2 is 1.76 bits per heavy atom. The van der Waals surface area contributed by atoms with Crippen LogP contribution in [0.3, 0.4) is 0 Å². The summed E-state index contributed by atoms with van der Waals surface area (Å²) in [4.78, 5) is 14.5. The van der Waals surface area contributed by atoms with Crippen LogP contribution in [0.25, 0.3) is 0 Å². The Kier molecular flexibility index (Phi) is 7.50. The summed E-state index contributed by atoms with van der Waals surface area (Å²) in [5, 5.41) is 3.79. The van der Waals surface area contributed by atoms with Crippen molar-refractivity contribution in [2.45, 2.75) is 52.5 Å². The fourth-order valence-corrected chi connectivity index (χ4v) is 3.54. The van der Waals surface area contributed by atoms with Crippen molar-refractivity contribution in [1.29, 1.82) is 0 Å². The Morgan fingerprint density at radius 3 is 2.36 bits per heavy atom. The van der Waals surface area contributed by atoms with E-state index in [0.717, 1.165) is 25.2 Å². The molecule has 0 saturated heterocycles. The zero-order valence-electron chi connectivity index (χ0n) is 15.5. The first-order valence-corrected chi connectivity index (χ1v) is 9.67. The largest absolute Gasteiger partial charge is 0.372 e. The first-order chi connectivity index (χ1) is 12.0. The number of thiocarbonyl (C=S) groups is 1. The van der Waals surface area contributed by atoms with Crippen molar-refractivity contribution in [1.82, 2.24) is 16.2 Å². The standard InChI is InChI=1S/C19H30N4OS/c1-4-23(5-2)16-12-10-15(11-13-16)18(24)21-22-19(25)20-17-9-7-6-8-14(17)3/h10-14,17H,4-9H2,1-3H3,(H,21,24)(H2,20,22,25)/t14-,17+/m1/s1. The van der Waals surface area contributed by atoms with Gasteiger partial charge in [-0.15, -0.1) is 0 Å². The van der Waals surface area contributed by atoms with Gasteiger partial charge in [0.05, 0.1) is 0 Å². The minimum atomic E-state index is -0.188. The monoisotopic (exact) mass is 362 g/mol. The Bertz CT molecular complexity index is 571. The van der Waals surface area contributed by atoms with Crippen molar-refractivity contribution in [3.8, 4) is 0 Å². The topological polar surface area (TPSA) is 56.4 Å². The smallest absolute Gasteiger partial charge is 0.269 e. The summed E-state index contributed by atoms with van der Waals surface area (Å²) in [5.41, 5.74) is 7.22. The van der Waals surface area contributed by atoms with Gasteiger partial charge in [0.1, 0.15) is 0 Å². The lowest BCUT2D eigenvalue weighted by Crippen LogP contribution is -2.51. The Balaban J connectivity index is 1.82. The van der Waals surface area contributed by atoms with Crippen LogP contribution in [0.4, 0.5) is 5.69 Å². The number of amides is 1. The second-order valence-electron chi connectivity index (χ2n) is 6.64. The van der Waals surface area contributed by atoms with E-state index in [0.29, 0.717) is 22.6 Å². The van der Waals surface area contributed by atoms with Crippen LogP contribution < -0.4 is 21.1 Å². The summed E-state index contributed by atoms with van der Waals surface area (Å²) in [6.45, 7) is 8.38. The molecule has 3 N–H and O–H groups in total. The maximum atomic E-state index is 12.3. The number of nitrogens with one attached hydrogen (secondary N) is 3. The van der Waals surface area contributed by atoms with Crippen LogP contribution in [-0.2, 0) is 0 Å². The molecule has 1 aliphatic rings. The zero-order valence-corrected chi connectivity index (χ0v) is 16.3. The first kappa shape index (κ1) is 19.5. The van der Waals surface area contributed by atoms with Crippen molar-refractivity contribution in [2.75, 3.05) is 18.0 Å². The van der Waals surface area contributed by atoms with Crippen molar-refractivity contribution < 1.29 is 4.79 Å². The number of hydrazine groups is 1. The number of carbonyl (C=O) groups is 1. The highest BCUT2D eigenvalue weighted by Gasteiger charge is 2.21. The molecule has 6 heteroatoms. The van der Waals surface area contributed by atoms with Crippen molar-refractivity contribution in [3.05, 3.63) is 29.8 Å². The van der Waals surface area contributed by atoms with Gasteiger partial charge in [-0.3, -0.25) is 15.6 Å². The minimum absolute atomic E-state index is 0.188. The quantitative estimate of drug-likeness (QED) is 0.555. The number of hydrogen-bond donors (Lipinski definition) is 3. The summed E-state index contributed by atoms with van der Waals surface area (Å²) < 4.78 is 0. The lowest BCUT2D eigenvalue weighted by Gasteiger charge is -2.30. The molecule has 0 heterocycles. The van der Waals surface area contributed by atoms with Gasteiger partial charge in [0.15, 0.2) is 5.11 Å². The van der Waals surface area contributed by atoms with Gasteiger partial charge in [-0.25, -0.2) is 0 Å². The summed E-state index contributed by atoms with van der Waals surface area (Å²) in [6, 6.07) is 8.01. The Labute approximate surface area is 156 Å². The number of hydrogen-bond acceptors (Lipinski definition) is 3. The predicted molar refractivity (Wildman–Crippen MR) is 108 cm³/mol. The molecule has 1 aliphatic carbocycles. The molecule has 1 aromatic carbocycles. The summed E-state index contributed by atoms with van der Waals surface area (Å²) >= 11 is 5.30. The summed E-state index contributed by atoms with van der Waals surface area (Å²) in [5.74, 6) is 0.420. The average Bonchev–Trinajstić information content (AvgIpc) is 2.63. The van der Waals surface area contributed by atoms with Crippen molar-refractivity contribution in [2.24, 2.45) is 5.92 Å². The molecule has 138 valence electrons. The van der Waals surface area contributed by atoms with E-state index in [9.17, 15) is 4.79 Å². The van der Waals surface area contributed by atoms with Gasteiger partial charge in [0.2, 0.25) is 0 Å². The molecule has 2 atom stereocenters. The van der Waals surface area contributed by atoms with Crippen molar-refractivity contribution >= 4 is 28.9 Å². The summed E-state index contributed by atoms with van der Waals surface area (Å²) in [7, 11) is 0. The van der Waals surface area contributed by atoms with E-state index >= 15 is 0 Å². The molecular weight excluding hydrogens is 332 g/mol. The summed E-state index contributed by atoms with van der Waals surface area (Å²) in [6.07, 6.45) is 4.88. The first-order valence-electron chi connectivity index (χ1n) is 9.27. The SMILES string of the molecule is CCN(CC)c1ccc(C(=O)NNC(=S)N[C@H]2CCCC[C@H]2C)cc1. The molecule has 0 unspecified atom stereocenters. The van der Waals surface area contributed by atoms with E-state index < -0.39 is 0 Å². The van der Waals surface area contributed by atoms with E-state index in [-0.39, 0.29) is 5.91 Å². The second kappa shape index (κ2) is 9.61. The number of benzene rings is 1. The minimum Gasteiger partial charge on any atom is -0.372 e. The third-order valence-corrected chi connectivity index (χ3v) is 5.20. The fourth-order valence-electron chi connectivity index (χ4n) is 3.33. The van der Waals surface area contributed by atoms with Gasteiger partial charge < -0.3 is 10.2 Å². The number of carbonyl (C=O) groups excluding carboxylic acids is 1. The van der Waals surface area contributed by atoms with Crippen LogP contribution in [0.15, 0.2) is 24.3 Å². The fraction of sp³-hybridized carbons (Fsp3) is 0.579. The molecule has 1 saturated carbocycles. The van der Waals surface area contributed by atoms with E-state index in [4.69, 9.17) is 12.2 Å². The highest BCUT2D eigenvalue weighted by atomic mass is 32.1. The van der Waals surface area contributed by atoms with Gasteiger partial charge in [-0.05, 0) is 69.1 Å². The van der Waals surface area contributed by atoms with Gasteiger partial charge in [-0.2, -0.15) is 0 Å². The van der Waals surface area contributed by atoms with Crippen LogP contribution in [0.1, 0.15) is 56.8 Å². The zero-order chi connectivity index (χ0) is 18.2. The van der Waals surface area contributed by atoms with E-state index in [1.807, 2.05) is 24.3 Å². The van der Waals surface area contributed by atoms with Crippen LogP contribution in [-0.4, -0.2) is 30.2 Å². The second-order valence-corrected chi connectivity index (χ2v) is 7.05. The molecule has 1 fully saturated rings. The average molecular weight is 363 g/mol.